The fourth-order valence-electron chi connectivity index (χ4n) is 3.28. The van der Waals surface area contributed by atoms with Crippen LogP contribution in [0.15, 0.2) is 47.0 Å². The Morgan fingerprint density at radius 2 is 2.07 bits per heavy atom. The fourth-order valence-corrected chi connectivity index (χ4v) is 3.53. The van der Waals surface area contributed by atoms with Gasteiger partial charge in [0.15, 0.2) is 0 Å². The van der Waals surface area contributed by atoms with Crippen molar-refractivity contribution in [1.82, 2.24) is 10.1 Å². The molecule has 2 aromatic carbocycles. The van der Waals surface area contributed by atoms with E-state index < -0.39 is 0 Å². The highest BCUT2D eigenvalue weighted by Gasteiger charge is 2.35. The van der Waals surface area contributed by atoms with Crippen LogP contribution in [0.3, 0.4) is 0 Å². The molecule has 0 unspecified atom stereocenters. The second-order valence-corrected chi connectivity index (χ2v) is 6.90. The second kappa shape index (κ2) is 7.04. The highest BCUT2D eigenvalue weighted by molar-refractivity contribution is 6.32. The van der Waals surface area contributed by atoms with Crippen LogP contribution in [-0.4, -0.2) is 29.7 Å². The molecule has 0 spiro atoms. The number of nitrogens with zero attached hydrogens (tertiary/aromatic N) is 3. The summed E-state index contributed by atoms with van der Waals surface area (Å²) in [6.45, 7) is 2.47. The summed E-state index contributed by atoms with van der Waals surface area (Å²) in [4.78, 5) is 18.7. The van der Waals surface area contributed by atoms with Crippen LogP contribution in [0.4, 0.5) is 5.69 Å². The van der Waals surface area contributed by atoms with Gasteiger partial charge in [0.1, 0.15) is 5.75 Å². The van der Waals surface area contributed by atoms with Gasteiger partial charge in [0.2, 0.25) is 17.6 Å². The summed E-state index contributed by atoms with van der Waals surface area (Å²) in [6, 6.07) is 13.2. The van der Waals surface area contributed by atoms with Crippen molar-refractivity contribution < 1.29 is 14.1 Å². The molecule has 2 heterocycles. The van der Waals surface area contributed by atoms with Gasteiger partial charge in [-0.2, -0.15) is 4.98 Å². The van der Waals surface area contributed by atoms with Crippen molar-refractivity contribution in [3.8, 4) is 17.1 Å². The lowest BCUT2D eigenvalue weighted by Crippen LogP contribution is -2.24. The Morgan fingerprint density at radius 1 is 1.26 bits per heavy atom. The topological polar surface area (TPSA) is 68.5 Å². The molecule has 1 aliphatic rings. The molecule has 6 nitrogen and oxygen atoms in total. The van der Waals surface area contributed by atoms with E-state index in [1.54, 1.807) is 24.1 Å². The zero-order valence-electron chi connectivity index (χ0n) is 15.0. The van der Waals surface area contributed by atoms with Gasteiger partial charge < -0.3 is 14.2 Å². The number of carbonyl (C=O) groups is 1. The third-order valence-corrected chi connectivity index (χ3v) is 5.04. The molecule has 0 radical (unpaired) electrons. The summed E-state index contributed by atoms with van der Waals surface area (Å²) in [5.74, 6) is 1.44. The van der Waals surface area contributed by atoms with Crippen LogP contribution in [0.2, 0.25) is 5.02 Å². The van der Waals surface area contributed by atoms with Crippen LogP contribution < -0.4 is 9.64 Å². The largest absolute Gasteiger partial charge is 0.495 e. The minimum absolute atomic E-state index is 0.00289. The lowest BCUT2D eigenvalue weighted by molar-refractivity contribution is -0.117. The summed E-state index contributed by atoms with van der Waals surface area (Å²) >= 11 is 6.19. The van der Waals surface area contributed by atoms with E-state index in [2.05, 4.69) is 10.1 Å². The fraction of sp³-hybridized carbons (Fsp3) is 0.250. The van der Waals surface area contributed by atoms with Gasteiger partial charge in [-0.3, -0.25) is 4.79 Å². The average molecular weight is 384 g/mol. The van der Waals surface area contributed by atoms with Crippen molar-refractivity contribution in [3.05, 3.63) is 58.9 Å². The summed E-state index contributed by atoms with van der Waals surface area (Å²) < 4.78 is 10.6. The molecule has 1 aliphatic heterocycles. The quantitative estimate of drug-likeness (QED) is 0.674. The van der Waals surface area contributed by atoms with Gasteiger partial charge >= 0.3 is 0 Å². The number of rotatable bonds is 4. The third-order valence-electron chi connectivity index (χ3n) is 4.75. The van der Waals surface area contributed by atoms with Gasteiger partial charge in [-0.05, 0) is 30.7 Å². The lowest BCUT2D eigenvalue weighted by atomic mass is 10.1. The van der Waals surface area contributed by atoms with Gasteiger partial charge in [-0.25, -0.2) is 0 Å². The Kier molecular flexibility index (Phi) is 4.58. The van der Waals surface area contributed by atoms with Crippen molar-refractivity contribution in [2.45, 2.75) is 19.3 Å². The van der Waals surface area contributed by atoms with Gasteiger partial charge in [-0.1, -0.05) is 41.0 Å². The Morgan fingerprint density at radius 3 is 2.81 bits per heavy atom. The first-order chi connectivity index (χ1) is 13.1. The molecule has 1 amide bonds. The summed E-state index contributed by atoms with van der Waals surface area (Å²) in [5.41, 5.74) is 2.73. The number of aromatic nitrogens is 2. The number of anilines is 1. The highest BCUT2D eigenvalue weighted by atomic mass is 35.5. The average Bonchev–Trinajstić information content (AvgIpc) is 3.29. The zero-order chi connectivity index (χ0) is 19.0. The van der Waals surface area contributed by atoms with Gasteiger partial charge in [-0.15, -0.1) is 0 Å². The Labute approximate surface area is 161 Å². The Bertz CT molecular complexity index is 1000. The van der Waals surface area contributed by atoms with Crippen LogP contribution in [0, 0.1) is 6.92 Å². The first kappa shape index (κ1) is 17.5. The summed E-state index contributed by atoms with van der Waals surface area (Å²) in [7, 11) is 1.56. The SMILES string of the molecule is COc1ccc(N2C[C@H](c3nc(-c4ccccc4C)no3)CC2=O)cc1Cl. The van der Waals surface area contributed by atoms with Crippen LogP contribution in [-0.2, 0) is 4.79 Å². The van der Waals surface area contributed by atoms with E-state index in [1.807, 2.05) is 37.3 Å². The highest BCUT2D eigenvalue weighted by Crippen LogP contribution is 2.35. The number of aryl methyl sites for hydroxylation is 1. The lowest BCUT2D eigenvalue weighted by Gasteiger charge is -2.17. The van der Waals surface area contributed by atoms with E-state index in [-0.39, 0.29) is 11.8 Å². The van der Waals surface area contributed by atoms with Crippen LogP contribution >= 0.6 is 11.6 Å². The minimum Gasteiger partial charge on any atom is -0.495 e. The Balaban J connectivity index is 1.56. The number of amides is 1. The molecule has 7 heteroatoms. The molecule has 0 aliphatic carbocycles. The summed E-state index contributed by atoms with van der Waals surface area (Å²) in [6.07, 6.45) is 0.319. The molecule has 3 aromatic rings. The van der Waals surface area contributed by atoms with E-state index in [9.17, 15) is 4.79 Å². The van der Waals surface area contributed by atoms with Crippen LogP contribution in [0.25, 0.3) is 11.4 Å². The smallest absolute Gasteiger partial charge is 0.232 e. The molecule has 0 saturated carbocycles. The van der Waals surface area contributed by atoms with Gasteiger partial charge in [0.25, 0.3) is 0 Å². The maximum atomic E-state index is 12.5. The van der Waals surface area contributed by atoms with Gasteiger partial charge in [0, 0.05) is 24.2 Å². The molecule has 0 N–H and O–H groups in total. The van der Waals surface area contributed by atoms with E-state index in [0.29, 0.717) is 35.5 Å². The number of methoxy groups -OCH3 is 1. The normalized spacial score (nSPS) is 16.8. The van der Waals surface area contributed by atoms with Crippen LogP contribution in [0.1, 0.15) is 23.8 Å². The number of ether oxygens (including phenoxy) is 1. The molecule has 1 fully saturated rings. The number of hydrogen-bond acceptors (Lipinski definition) is 5. The van der Waals surface area contributed by atoms with Crippen molar-refractivity contribution in [2.24, 2.45) is 0 Å². The number of benzene rings is 2. The van der Waals surface area contributed by atoms with E-state index in [1.165, 1.54) is 0 Å². The number of carbonyl (C=O) groups excluding carboxylic acids is 1. The maximum Gasteiger partial charge on any atom is 0.232 e. The van der Waals surface area contributed by atoms with Crippen LogP contribution in [0.5, 0.6) is 5.75 Å². The van der Waals surface area contributed by atoms with Gasteiger partial charge in [0.05, 0.1) is 18.1 Å². The molecular weight excluding hydrogens is 366 g/mol. The predicted octanol–water partition coefficient (Wildman–Crippen LogP) is 4.23. The molecule has 0 bridgehead atoms. The molecule has 1 aromatic heterocycles. The van der Waals surface area contributed by atoms with E-state index >= 15 is 0 Å². The standard InChI is InChI=1S/C20H18ClN3O3/c1-12-5-3-4-6-15(12)19-22-20(27-23-19)13-9-18(25)24(11-13)14-7-8-17(26-2)16(21)10-14/h3-8,10,13H,9,11H2,1-2H3/t13-/m1/s1. The van der Waals surface area contributed by atoms with Crippen molar-refractivity contribution in [1.29, 1.82) is 0 Å². The van der Waals surface area contributed by atoms with Crippen molar-refractivity contribution in [3.63, 3.8) is 0 Å². The number of halogens is 1. The molecule has 138 valence electrons. The Hall–Kier alpha value is -2.86. The second-order valence-electron chi connectivity index (χ2n) is 6.50. The van der Waals surface area contributed by atoms with Crippen molar-refractivity contribution >= 4 is 23.2 Å². The molecule has 27 heavy (non-hydrogen) atoms. The first-order valence-corrected chi connectivity index (χ1v) is 8.98. The van der Waals surface area contributed by atoms with E-state index in [0.717, 1.165) is 16.8 Å². The van der Waals surface area contributed by atoms with E-state index in [4.69, 9.17) is 20.9 Å². The molecular formula is C20H18ClN3O3. The van der Waals surface area contributed by atoms with Crippen molar-refractivity contribution in [2.75, 3.05) is 18.6 Å². The molecule has 4 rings (SSSR count). The third kappa shape index (κ3) is 3.28. The monoisotopic (exact) mass is 383 g/mol. The summed E-state index contributed by atoms with van der Waals surface area (Å²) in [5, 5.41) is 4.56. The minimum atomic E-state index is -0.149. The number of hydrogen-bond donors (Lipinski definition) is 0. The zero-order valence-corrected chi connectivity index (χ0v) is 15.7. The molecule has 1 saturated heterocycles. The first-order valence-electron chi connectivity index (χ1n) is 8.60. The predicted molar refractivity (Wildman–Crippen MR) is 102 cm³/mol. The molecule has 1 atom stereocenters. The maximum absolute atomic E-state index is 12.5.